The number of rotatable bonds is 7. The number of amides is 2. The van der Waals surface area contributed by atoms with E-state index in [2.05, 4.69) is 4.98 Å². The maximum absolute atomic E-state index is 13.8. The maximum atomic E-state index is 13.8. The van der Waals surface area contributed by atoms with Gasteiger partial charge < -0.3 is 18.8 Å². The summed E-state index contributed by atoms with van der Waals surface area (Å²) in [5.41, 5.74) is 1.19. The van der Waals surface area contributed by atoms with Gasteiger partial charge in [0.25, 0.3) is 11.5 Å². The van der Waals surface area contributed by atoms with Gasteiger partial charge in [-0.15, -0.1) is 0 Å². The van der Waals surface area contributed by atoms with Gasteiger partial charge in [-0.1, -0.05) is 60.7 Å². The molecule has 1 aliphatic heterocycles. The van der Waals surface area contributed by atoms with Gasteiger partial charge in [0.2, 0.25) is 5.91 Å². The number of fused-ring (bicyclic) bond motifs is 1. The summed E-state index contributed by atoms with van der Waals surface area (Å²) in [5.74, 6) is -0.357. The van der Waals surface area contributed by atoms with Crippen molar-refractivity contribution in [1.29, 1.82) is 0 Å². The zero-order chi connectivity index (χ0) is 28.3. The van der Waals surface area contributed by atoms with E-state index in [1.54, 1.807) is 32.8 Å². The Hall–Kier alpha value is -5.19. The predicted octanol–water partition coefficient (Wildman–Crippen LogP) is 2.03. The Kier molecular flexibility index (Phi) is 7.07. The maximum Gasteiger partial charge on any atom is 0.333 e. The summed E-state index contributed by atoms with van der Waals surface area (Å²) in [6, 6.07) is 22.3. The summed E-state index contributed by atoms with van der Waals surface area (Å²) in [4.78, 5) is 61.1. The molecular formula is C30H28N6O5. The Morgan fingerprint density at radius 3 is 2.02 bits per heavy atom. The van der Waals surface area contributed by atoms with Gasteiger partial charge in [0.15, 0.2) is 16.9 Å². The smallest absolute Gasteiger partial charge is 0.333 e. The van der Waals surface area contributed by atoms with Gasteiger partial charge in [-0.2, -0.15) is 0 Å². The molecule has 0 aliphatic carbocycles. The van der Waals surface area contributed by atoms with Crippen molar-refractivity contribution in [2.75, 3.05) is 26.2 Å². The molecule has 41 heavy (non-hydrogen) atoms. The minimum absolute atomic E-state index is 0.195. The number of piperazine rings is 1. The lowest BCUT2D eigenvalue weighted by Gasteiger charge is -2.34. The van der Waals surface area contributed by atoms with Gasteiger partial charge in [0, 0.05) is 32.7 Å². The zero-order valence-corrected chi connectivity index (χ0v) is 22.3. The molecule has 0 atom stereocenters. The Bertz CT molecular complexity index is 1800. The molecule has 5 aromatic rings. The number of furan rings is 1. The van der Waals surface area contributed by atoms with Crippen LogP contribution < -0.4 is 11.2 Å². The lowest BCUT2D eigenvalue weighted by molar-refractivity contribution is -0.133. The van der Waals surface area contributed by atoms with Crippen LogP contribution in [0.3, 0.4) is 0 Å². The van der Waals surface area contributed by atoms with Crippen LogP contribution in [-0.2, 0) is 24.4 Å². The highest BCUT2D eigenvalue weighted by Crippen LogP contribution is 2.13. The van der Waals surface area contributed by atoms with Crippen molar-refractivity contribution >= 4 is 23.0 Å². The van der Waals surface area contributed by atoms with E-state index in [0.717, 1.165) is 15.7 Å². The Morgan fingerprint density at radius 2 is 1.39 bits per heavy atom. The normalized spacial score (nSPS) is 13.6. The van der Waals surface area contributed by atoms with Crippen LogP contribution in [0.15, 0.2) is 99.4 Å². The van der Waals surface area contributed by atoms with E-state index >= 15 is 0 Å². The highest BCUT2D eigenvalue weighted by molar-refractivity contribution is 5.91. The van der Waals surface area contributed by atoms with Crippen molar-refractivity contribution in [3.63, 3.8) is 0 Å². The monoisotopic (exact) mass is 552 g/mol. The molecule has 6 rings (SSSR count). The van der Waals surface area contributed by atoms with Crippen LogP contribution in [0.2, 0.25) is 0 Å². The topological polar surface area (TPSA) is 116 Å². The van der Waals surface area contributed by atoms with Gasteiger partial charge in [0.1, 0.15) is 6.54 Å². The van der Waals surface area contributed by atoms with Crippen LogP contribution in [0.1, 0.15) is 21.7 Å². The van der Waals surface area contributed by atoms with E-state index in [0.29, 0.717) is 19.6 Å². The number of hydrogen-bond acceptors (Lipinski definition) is 6. The van der Waals surface area contributed by atoms with Crippen molar-refractivity contribution < 1.29 is 14.0 Å². The standard InChI is InChI=1S/C30H28N6O5/c37-25(32-13-15-33(16-14-32)28(38)24-12-7-17-41-24)20-36-29(39)26-27(31-21-34(26)18-22-8-3-1-4-9-22)35(30(36)40)19-23-10-5-2-6-11-23/h1-12,17,21H,13-16,18-20H2. The fourth-order valence-electron chi connectivity index (χ4n) is 5.14. The van der Waals surface area contributed by atoms with Crippen molar-refractivity contribution in [3.8, 4) is 0 Å². The van der Waals surface area contributed by atoms with Crippen LogP contribution in [0.25, 0.3) is 11.2 Å². The molecule has 0 N–H and O–H groups in total. The van der Waals surface area contributed by atoms with Gasteiger partial charge >= 0.3 is 5.69 Å². The molecule has 0 spiro atoms. The molecule has 4 heterocycles. The number of imidazole rings is 1. The average Bonchev–Trinajstić information content (AvgIpc) is 3.69. The first-order valence-corrected chi connectivity index (χ1v) is 13.4. The first kappa shape index (κ1) is 26.1. The second-order valence-corrected chi connectivity index (χ2v) is 9.93. The second-order valence-electron chi connectivity index (χ2n) is 9.93. The minimum Gasteiger partial charge on any atom is -0.459 e. The molecule has 0 bridgehead atoms. The lowest BCUT2D eigenvalue weighted by atomic mass is 10.2. The molecule has 2 amide bonds. The summed E-state index contributed by atoms with van der Waals surface area (Å²) in [6.45, 7) is 1.38. The predicted molar refractivity (Wildman–Crippen MR) is 151 cm³/mol. The third-order valence-corrected chi connectivity index (χ3v) is 7.31. The van der Waals surface area contributed by atoms with Crippen molar-refractivity contribution in [1.82, 2.24) is 28.5 Å². The molecule has 0 radical (unpaired) electrons. The van der Waals surface area contributed by atoms with Crippen molar-refractivity contribution in [3.05, 3.63) is 123 Å². The van der Waals surface area contributed by atoms with Gasteiger partial charge in [-0.05, 0) is 23.3 Å². The van der Waals surface area contributed by atoms with Gasteiger partial charge in [-0.3, -0.25) is 19.0 Å². The summed E-state index contributed by atoms with van der Waals surface area (Å²) < 4.78 is 9.36. The summed E-state index contributed by atoms with van der Waals surface area (Å²) >= 11 is 0. The van der Waals surface area contributed by atoms with Crippen LogP contribution in [-0.4, -0.2) is 66.5 Å². The van der Waals surface area contributed by atoms with Crippen molar-refractivity contribution in [2.45, 2.75) is 19.6 Å². The van der Waals surface area contributed by atoms with E-state index in [-0.39, 0.29) is 48.4 Å². The molecule has 2 aromatic carbocycles. The quantitative estimate of drug-likeness (QED) is 0.305. The molecule has 3 aromatic heterocycles. The van der Waals surface area contributed by atoms with E-state index in [9.17, 15) is 19.2 Å². The summed E-state index contributed by atoms with van der Waals surface area (Å²) in [7, 11) is 0. The largest absolute Gasteiger partial charge is 0.459 e. The highest BCUT2D eigenvalue weighted by atomic mass is 16.3. The molecule has 0 saturated carbocycles. The third-order valence-electron chi connectivity index (χ3n) is 7.31. The molecule has 1 saturated heterocycles. The fourth-order valence-corrected chi connectivity index (χ4v) is 5.14. The number of carbonyl (C=O) groups is 2. The van der Waals surface area contributed by atoms with Gasteiger partial charge in [0.05, 0.1) is 19.1 Å². The summed E-state index contributed by atoms with van der Waals surface area (Å²) in [5, 5.41) is 0. The minimum atomic E-state index is -0.601. The Labute approximate surface area is 234 Å². The first-order chi connectivity index (χ1) is 20.0. The number of nitrogens with zero attached hydrogens (tertiary/aromatic N) is 6. The van der Waals surface area contributed by atoms with Crippen LogP contribution in [0.4, 0.5) is 0 Å². The number of aromatic nitrogens is 4. The molecule has 0 unspecified atom stereocenters. The van der Waals surface area contributed by atoms with E-state index in [1.165, 1.54) is 10.8 Å². The van der Waals surface area contributed by atoms with Crippen LogP contribution >= 0.6 is 0 Å². The van der Waals surface area contributed by atoms with Crippen LogP contribution in [0, 0.1) is 0 Å². The fraction of sp³-hybridized carbons (Fsp3) is 0.233. The summed E-state index contributed by atoms with van der Waals surface area (Å²) in [6.07, 6.45) is 3.00. The van der Waals surface area contributed by atoms with E-state index in [4.69, 9.17) is 4.42 Å². The van der Waals surface area contributed by atoms with Gasteiger partial charge in [-0.25, -0.2) is 14.3 Å². The van der Waals surface area contributed by atoms with E-state index < -0.39 is 17.8 Å². The molecular weight excluding hydrogens is 524 g/mol. The molecule has 1 fully saturated rings. The highest BCUT2D eigenvalue weighted by Gasteiger charge is 2.27. The van der Waals surface area contributed by atoms with Crippen LogP contribution in [0.5, 0.6) is 0 Å². The third kappa shape index (κ3) is 5.21. The SMILES string of the molecule is O=C(Cn1c(=O)c2c(ncn2Cc2ccccc2)n(Cc2ccccc2)c1=O)N1CCN(C(=O)c2ccco2)CC1. The Balaban J connectivity index is 1.31. The van der Waals surface area contributed by atoms with E-state index in [1.807, 2.05) is 60.7 Å². The number of carbonyl (C=O) groups excluding carboxylic acids is 2. The lowest BCUT2D eigenvalue weighted by Crippen LogP contribution is -2.52. The van der Waals surface area contributed by atoms with Crippen molar-refractivity contribution in [2.24, 2.45) is 0 Å². The Morgan fingerprint density at radius 1 is 0.756 bits per heavy atom. The molecule has 208 valence electrons. The molecule has 11 heteroatoms. The zero-order valence-electron chi connectivity index (χ0n) is 22.3. The molecule has 1 aliphatic rings. The molecule has 11 nitrogen and oxygen atoms in total. The number of benzene rings is 2. The first-order valence-electron chi connectivity index (χ1n) is 13.4. The second kappa shape index (κ2) is 11.1. The average molecular weight is 553 g/mol. The number of hydrogen-bond donors (Lipinski definition) is 0.